The summed E-state index contributed by atoms with van der Waals surface area (Å²) < 4.78 is 5.72. The molecule has 7 nitrogen and oxygen atoms in total. The van der Waals surface area contributed by atoms with Gasteiger partial charge in [0.25, 0.3) is 11.9 Å². The predicted octanol–water partition coefficient (Wildman–Crippen LogP) is 3.73. The summed E-state index contributed by atoms with van der Waals surface area (Å²) >= 11 is 6.14. The molecule has 0 atom stereocenters. The molecule has 0 saturated heterocycles. The zero-order chi connectivity index (χ0) is 18.5. The number of carbonyl (C=O) groups excluding carboxylic acids is 1. The number of allylic oxidation sites excluding steroid dienone is 1. The number of nitrogens with zero attached hydrogens (tertiary/aromatic N) is 4. The van der Waals surface area contributed by atoms with E-state index in [1.807, 2.05) is 31.2 Å². The van der Waals surface area contributed by atoms with Crippen LogP contribution < -0.4 is 5.32 Å². The van der Waals surface area contributed by atoms with E-state index in [2.05, 4.69) is 27.3 Å². The highest BCUT2D eigenvalue weighted by Crippen LogP contribution is 2.27. The third-order valence-corrected chi connectivity index (χ3v) is 3.87. The lowest BCUT2D eigenvalue weighted by Crippen LogP contribution is -2.09. The van der Waals surface area contributed by atoms with Gasteiger partial charge in [0.15, 0.2) is 0 Å². The van der Waals surface area contributed by atoms with Crippen LogP contribution in [0.5, 0.6) is 0 Å². The van der Waals surface area contributed by atoms with Gasteiger partial charge in [0, 0.05) is 16.7 Å². The van der Waals surface area contributed by atoms with Gasteiger partial charge in [-0.25, -0.2) is 0 Å². The summed E-state index contributed by atoms with van der Waals surface area (Å²) in [5.41, 5.74) is 1.87. The highest BCUT2D eigenvalue weighted by molar-refractivity contribution is 6.31. The summed E-state index contributed by atoms with van der Waals surface area (Å²) in [4.78, 5) is 13.2. The second-order valence-corrected chi connectivity index (χ2v) is 5.85. The molecule has 0 bridgehead atoms. The number of hydrogen-bond donors (Lipinski definition) is 1. The third kappa shape index (κ3) is 4.25. The molecule has 26 heavy (non-hydrogen) atoms. The van der Waals surface area contributed by atoms with Gasteiger partial charge in [-0.3, -0.25) is 10.1 Å². The lowest BCUT2D eigenvalue weighted by molar-refractivity contribution is -0.111. The molecule has 1 N–H and O–H groups in total. The minimum atomic E-state index is -0.389. The highest BCUT2D eigenvalue weighted by atomic mass is 35.5. The van der Waals surface area contributed by atoms with Crippen LogP contribution in [0, 0.1) is 6.92 Å². The lowest BCUT2D eigenvalue weighted by atomic mass is 10.1. The molecule has 8 heteroatoms. The van der Waals surface area contributed by atoms with Crippen molar-refractivity contribution in [2.24, 2.45) is 0 Å². The van der Waals surface area contributed by atoms with E-state index in [9.17, 15) is 4.79 Å². The van der Waals surface area contributed by atoms with Crippen LogP contribution in [-0.2, 0) is 11.3 Å². The van der Waals surface area contributed by atoms with Gasteiger partial charge in [0.05, 0.1) is 6.54 Å². The number of furan rings is 1. The number of aryl methyl sites for hydroxylation is 1. The number of rotatable bonds is 6. The van der Waals surface area contributed by atoms with Crippen molar-refractivity contribution >= 4 is 29.5 Å². The molecule has 3 aromatic rings. The van der Waals surface area contributed by atoms with Crippen molar-refractivity contribution in [3.05, 3.63) is 65.4 Å². The minimum Gasteiger partial charge on any atom is -0.457 e. The van der Waals surface area contributed by atoms with E-state index in [1.54, 1.807) is 18.2 Å². The molecule has 0 aliphatic heterocycles. The van der Waals surface area contributed by atoms with Crippen LogP contribution in [0.4, 0.5) is 5.95 Å². The Morgan fingerprint density at radius 2 is 2.23 bits per heavy atom. The van der Waals surface area contributed by atoms with Gasteiger partial charge < -0.3 is 4.42 Å². The van der Waals surface area contributed by atoms with Gasteiger partial charge in [-0.05, 0) is 42.0 Å². The van der Waals surface area contributed by atoms with Crippen LogP contribution in [0.3, 0.4) is 0 Å². The van der Waals surface area contributed by atoms with Crippen molar-refractivity contribution in [3.8, 4) is 11.3 Å². The maximum Gasteiger partial charge on any atom is 0.270 e. The zero-order valence-electron chi connectivity index (χ0n) is 14.0. The van der Waals surface area contributed by atoms with Crippen molar-refractivity contribution in [3.63, 3.8) is 0 Å². The van der Waals surface area contributed by atoms with E-state index < -0.39 is 0 Å². The van der Waals surface area contributed by atoms with Gasteiger partial charge >= 0.3 is 0 Å². The van der Waals surface area contributed by atoms with Crippen molar-refractivity contribution in [1.82, 2.24) is 20.2 Å². The zero-order valence-corrected chi connectivity index (χ0v) is 14.8. The van der Waals surface area contributed by atoms with Crippen LogP contribution in [-0.4, -0.2) is 26.1 Å². The van der Waals surface area contributed by atoms with E-state index in [-0.39, 0.29) is 11.9 Å². The third-order valence-electron chi connectivity index (χ3n) is 3.46. The molecule has 0 fully saturated rings. The first kappa shape index (κ1) is 17.6. The van der Waals surface area contributed by atoms with E-state index in [4.69, 9.17) is 16.0 Å². The molecule has 0 radical (unpaired) electrons. The largest absolute Gasteiger partial charge is 0.457 e. The second kappa shape index (κ2) is 7.79. The average molecular weight is 370 g/mol. The van der Waals surface area contributed by atoms with Crippen LogP contribution in [0.15, 0.2) is 53.5 Å². The molecular weight excluding hydrogens is 354 g/mol. The summed E-state index contributed by atoms with van der Waals surface area (Å²) in [6, 6.07) is 9.29. The van der Waals surface area contributed by atoms with E-state index in [1.165, 1.54) is 10.9 Å². The molecule has 0 unspecified atom stereocenters. The molecule has 2 aromatic heterocycles. The normalized spacial score (nSPS) is 11.0. The molecule has 0 aliphatic rings. The Balaban J connectivity index is 1.64. The first-order chi connectivity index (χ1) is 12.5. The van der Waals surface area contributed by atoms with Crippen molar-refractivity contribution < 1.29 is 9.21 Å². The van der Waals surface area contributed by atoms with Crippen molar-refractivity contribution in [1.29, 1.82) is 0 Å². The van der Waals surface area contributed by atoms with E-state index in [0.29, 0.717) is 23.1 Å². The number of aromatic nitrogens is 4. The number of tetrazole rings is 1. The van der Waals surface area contributed by atoms with Gasteiger partial charge in [-0.2, -0.15) is 4.80 Å². The van der Waals surface area contributed by atoms with Gasteiger partial charge in [-0.15, -0.1) is 11.7 Å². The van der Waals surface area contributed by atoms with Crippen LogP contribution in [0.2, 0.25) is 5.02 Å². The number of nitrogens with one attached hydrogen (secondary N) is 1. The Morgan fingerprint density at radius 3 is 3.00 bits per heavy atom. The molecule has 1 aromatic carbocycles. The first-order valence-corrected chi connectivity index (χ1v) is 8.17. The lowest BCUT2D eigenvalue weighted by Gasteiger charge is -2.00. The summed E-state index contributed by atoms with van der Waals surface area (Å²) in [6.07, 6.45) is 4.52. The minimum absolute atomic E-state index is 0.121. The fourth-order valence-electron chi connectivity index (χ4n) is 2.14. The summed E-state index contributed by atoms with van der Waals surface area (Å²) in [5.74, 6) is 0.937. The standard InChI is InChI=1S/C18H16ClN5O2/c1-3-10-24-22-18(21-23-24)20-17(25)9-7-14-6-8-16(26-14)13-5-4-12(2)15(19)11-13/h3-9,11H,1,10H2,2H3,(H,20,22,25)/b9-7+. The quantitative estimate of drug-likeness (QED) is 0.528. The van der Waals surface area contributed by atoms with Gasteiger partial charge in [-0.1, -0.05) is 34.9 Å². The first-order valence-electron chi connectivity index (χ1n) is 7.79. The van der Waals surface area contributed by atoms with E-state index >= 15 is 0 Å². The fourth-order valence-corrected chi connectivity index (χ4v) is 2.32. The number of hydrogen-bond acceptors (Lipinski definition) is 5. The predicted molar refractivity (Wildman–Crippen MR) is 99.6 cm³/mol. The number of anilines is 1. The molecule has 0 spiro atoms. The van der Waals surface area contributed by atoms with Crippen molar-refractivity contribution in [2.45, 2.75) is 13.5 Å². The molecule has 0 aliphatic carbocycles. The Kier molecular flexibility index (Phi) is 5.28. The monoisotopic (exact) mass is 369 g/mol. The average Bonchev–Trinajstić information content (AvgIpc) is 3.25. The summed E-state index contributed by atoms with van der Waals surface area (Å²) in [6.45, 7) is 5.93. The number of carbonyl (C=O) groups is 1. The Morgan fingerprint density at radius 1 is 1.38 bits per heavy atom. The molecule has 1 amide bonds. The van der Waals surface area contributed by atoms with Gasteiger partial charge in [0.2, 0.25) is 0 Å². The molecule has 132 valence electrons. The van der Waals surface area contributed by atoms with Gasteiger partial charge in [0.1, 0.15) is 11.5 Å². The van der Waals surface area contributed by atoms with Crippen molar-refractivity contribution in [2.75, 3.05) is 5.32 Å². The molecule has 2 heterocycles. The smallest absolute Gasteiger partial charge is 0.270 e. The Hall–Kier alpha value is -3.19. The van der Waals surface area contributed by atoms with Crippen LogP contribution in [0.25, 0.3) is 17.4 Å². The second-order valence-electron chi connectivity index (χ2n) is 5.45. The SMILES string of the molecule is C=CCn1nnc(NC(=O)/C=C/c2ccc(-c3ccc(C)c(Cl)c3)o2)n1. The van der Waals surface area contributed by atoms with E-state index in [0.717, 1.165) is 11.1 Å². The number of halogens is 1. The molecular formula is C18H16ClN5O2. The molecule has 0 saturated carbocycles. The number of benzene rings is 1. The fraction of sp³-hybridized carbons (Fsp3) is 0.111. The van der Waals surface area contributed by atoms with Crippen LogP contribution in [0.1, 0.15) is 11.3 Å². The Bertz CT molecular complexity index is 974. The molecule has 3 rings (SSSR count). The summed E-state index contributed by atoms with van der Waals surface area (Å²) in [5, 5.41) is 14.7. The van der Waals surface area contributed by atoms with Crippen LogP contribution >= 0.6 is 11.6 Å². The maximum absolute atomic E-state index is 11.9. The topological polar surface area (TPSA) is 85.8 Å². The maximum atomic E-state index is 11.9. The highest BCUT2D eigenvalue weighted by Gasteiger charge is 2.07. The number of amides is 1. The summed E-state index contributed by atoms with van der Waals surface area (Å²) in [7, 11) is 0. The Labute approximate surface area is 155 Å².